The van der Waals surface area contributed by atoms with Gasteiger partial charge in [-0.25, -0.2) is 4.98 Å². The lowest BCUT2D eigenvalue weighted by molar-refractivity contribution is 0.0947. The van der Waals surface area contributed by atoms with Crippen LogP contribution in [0.4, 0.5) is 5.13 Å². The number of hydrogen-bond donors (Lipinski definition) is 1. The number of rotatable bonds is 6. The molecule has 0 unspecified atom stereocenters. The summed E-state index contributed by atoms with van der Waals surface area (Å²) in [5, 5.41) is 4.14. The number of aryl methyl sites for hydroxylation is 3. The lowest BCUT2D eigenvalue weighted by Gasteiger charge is -2.34. The zero-order valence-corrected chi connectivity index (χ0v) is 19.5. The summed E-state index contributed by atoms with van der Waals surface area (Å²) in [6.07, 6.45) is 0. The Morgan fingerprint density at radius 1 is 1.10 bits per heavy atom. The minimum absolute atomic E-state index is 0.0126. The highest BCUT2D eigenvalue weighted by atomic mass is 32.1. The number of nitrogens with zero attached hydrogens (tertiary/aromatic N) is 3. The van der Waals surface area contributed by atoms with E-state index in [-0.39, 0.29) is 5.91 Å². The third kappa shape index (κ3) is 4.67. The molecule has 1 aromatic heterocycles. The Hall–Kier alpha value is -2.64. The van der Waals surface area contributed by atoms with Crippen LogP contribution in [0.25, 0.3) is 10.2 Å². The number of hydrogen-bond acceptors (Lipinski definition) is 6. The van der Waals surface area contributed by atoms with Crippen molar-refractivity contribution >= 4 is 32.6 Å². The second kappa shape index (κ2) is 9.24. The van der Waals surface area contributed by atoms with E-state index < -0.39 is 0 Å². The van der Waals surface area contributed by atoms with Crippen molar-refractivity contribution in [3.8, 4) is 5.75 Å². The lowest BCUT2D eigenvalue weighted by Crippen LogP contribution is -2.48. The molecular weight excluding hydrogens is 408 g/mol. The molecule has 0 bridgehead atoms. The van der Waals surface area contributed by atoms with Gasteiger partial charge in [0.2, 0.25) is 0 Å². The van der Waals surface area contributed by atoms with E-state index in [2.05, 4.69) is 28.1 Å². The number of thiazole rings is 1. The second-order valence-electron chi connectivity index (χ2n) is 8.16. The van der Waals surface area contributed by atoms with Gasteiger partial charge in [-0.15, -0.1) is 0 Å². The van der Waals surface area contributed by atoms with Crippen LogP contribution in [0.15, 0.2) is 30.3 Å². The van der Waals surface area contributed by atoms with Gasteiger partial charge in [0.25, 0.3) is 5.91 Å². The Labute approximate surface area is 187 Å². The maximum atomic E-state index is 12.5. The van der Waals surface area contributed by atoms with Crippen LogP contribution in [-0.4, -0.2) is 62.2 Å². The first kappa shape index (κ1) is 21.6. The smallest absolute Gasteiger partial charge is 0.251 e. The van der Waals surface area contributed by atoms with Gasteiger partial charge in [0.1, 0.15) is 11.3 Å². The van der Waals surface area contributed by atoms with Gasteiger partial charge < -0.3 is 15.0 Å². The van der Waals surface area contributed by atoms with Gasteiger partial charge in [-0.2, -0.15) is 0 Å². The first-order chi connectivity index (χ1) is 15.0. The predicted octanol–water partition coefficient (Wildman–Crippen LogP) is 3.78. The van der Waals surface area contributed by atoms with E-state index in [0.717, 1.165) is 65.8 Å². The minimum atomic E-state index is 0.0126. The van der Waals surface area contributed by atoms with E-state index in [1.165, 1.54) is 10.3 Å². The highest BCUT2D eigenvalue weighted by Crippen LogP contribution is 2.36. The van der Waals surface area contributed by atoms with Crippen molar-refractivity contribution in [1.82, 2.24) is 15.2 Å². The Morgan fingerprint density at radius 3 is 2.58 bits per heavy atom. The third-order valence-electron chi connectivity index (χ3n) is 5.91. The van der Waals surface area contributed by atoms with Gasteiger partial charge in [-0.3, -0.25) is 9.69 Å². The van der Waals surface area contributed by atoms with Gasteiger partial charge in [0.15, 0.2) is 5.13 Å². The molecule has 1 amide bonds. The van der Waals surface area contributed by atoms with E-state index in [9.17, 15) is 4.79 Å². The molecule has 4 rings (SSSR count). The number of nitrogens with one attached hydrogen (secondary N) is 1. The van der Waals surface area contributed by atoms with Gasteiger partial charge in [0, 0.05) is 44.8 Å². The van der Waals surface area contributed by atoms with Crippen LogP contribution in [0.5, 0.6) is 5.75 Å². The summed E-state index contributed by atoms with van der Waals surface area (Å²) in [6, 6.07) is 10.1. The molecule has 0 radical (unpaired) electrons. The number of piperazine rings is 1. The number of benzene rings is 2. The fourth-order valence-corrected chi connectivity index (χ4v) is 5.07. The Kier molecular flexibility index (Phi) is 6.43. The summed E-state index contributed by atoms with van der Waals surface area (Å²) >= 11 is 1.74. The van der Waals surface area contributed by atoms with Crippen LogP contribution in [0.1, 0.15) is 27.0 Å². The van der Waals surface area contributed by atoms with E-state index in [4.69, 9.17) is 9.72 Å². The van der Waals surface area contributed by atoms with Crippen LogP contribution in [0, 0.1) is 20.8 Å². The van der Waals surface area contributed by atoms with Crippen LogP contribution >= 0.6 is 11.3 Å². The fourth-order valence-electron chi connectivity index (χ4n) is 3.96. The second-order valence-corrected chi connectivity index (χ2v) is 9.14. The van der Waals surface area contributed by atoms with E-state index >= 15 is 0 Å². The standard InChI is InChI=1S/C24H30N4O2S/c1-16-5-6-17(2)19(15-16)23(29)25-9-10-27-11-13-28(14-12-27)24-26-21-20(30-4)8-7-18(3)22(21)31-24/h5-8,15H,9-14H2,1-4H3,(H,25,29). The highest BCUT2D eigenvalue weighted by molar-refractivity contribution is 7.22. The van der Waals surface area contributed by atoms with Crippen LogP contribution < -0.4 is 15.0 Å². The molecule has 2 heterocycles. The summed E-state index contributed by atoms with van der Waals surface area (Å²) in [4.78, 5) is 22.1. The zero-order chi connectivity index (χ0) is 22.0. The number of aromatic nitrogens is 1. The minimum Gasteiger partial charge on any atom is -0.494 e. The van der Waals surface area contributed by atoms with E-state index in [1.807, 2.05) is 38.1 Å². The zero-order valence-electron chi connectivity index (χ0n) is 18.7. The average Bonchev–Trinajstić information content (AvgIpc) is 3.22. The maximum absolute atomic E-state index is 12.5. The summed E-state index contributed by atoms with van der Waals surface area (Å²) in [7, 11) is 1.70. The van der Waals surface area contributed by atoms with Gasteiger partial charge in [0.05, 0.1) is 11.8 Å². The molecule has 7 heteroatoms. The molecular formula is C24H30N4O2S. The highest BCUT2D eigenvalue weighted by Gasteiger charge is 2.21. The molecule has 2 aromatic carbocycles. The molecule has 1 aliphatic heterocycles. The third-order valence-corrected chi connectivity index (χ3v) is 7.16. The fraction of sp³-hybridized carbons (Fsp3) is 0.417. The van der Waals surface area contributed by atoms with E-state index in [0.29, 0.717) is 6.54 Å². The van der Waals surface area contributed by atoms with Crippen molar-refractivity contribution in [3.63, 3.8) is 0 Å². The Bertz CT molecular complexity index is 1090. The predicted molar refractivity (Wildman–Crippen MR) is 128 cm³/mol. The average molecular weight is 439 g/mol. The largest absolute Gasteiger partial charge is 0.494 e. The number of ether oxygens (including phenoxy) is 1. The molecule has 0 saturated carbocycles. The van der Waals surface area contributed by atoms with Gasteiger partial charge >= 0.3 is 0 Å². The molecule has 164 valence electrons. The topological polar surface area (TPSA) is 57.7 Å². The van der Waals surface area contributed by atoms with Gasteiger partial charge in [-0.1, -0.05) is 35.1 Å². The number of carbonyl (C=O) groups excluding carboxylic acids is 1. The number of carbonyl (C=O) groups is 1. The van der Waals surface area contributed by atoms with E-state index in [1.54, 1.807) is 18.4 Å². The van der Waals surface area contributed by atoms with Crippen molar-refractivity contribution in [2.75, 3.05) is 51.3 Å². The van der Waals surface area contributed by atoms with Crippen molar-refractivity contribution in [1.29, 1.82) is 0 Å². The molecule has 0 atom stereocenters. The Balaban J connectivity index is 1.30. The maximum Gasteiger partial charge on any atom is 0.251 e. The quantitative estimate of drug-likeness (QED) is 0.635. The molecule has 3 aromatic rings. The van der Waals surface area contributed by atoms with Crippen LogP contribution in [0.3, 0.4) is 0 Å². The first-order valence-corrected chi connectivity index (χ1v) is 11.5. The summed E-state index contributed by atoms with van der Waals surface area (Å²) in [5.74, 6) is 0.847. The molecule has 1 saturated heterocycles. The van der Waals surface area contributed by atoms with Crippen molar-refractivity contribution in [2.45, 2.75) is 20.8 Å². The number of methoxy groups -OCH3 is 1. The van der Waals surface area contributed by atoms with Gasteiger partial charge in [-0.05, 0) is 44.0 Å². The molecule has 1 fully saturated rings. The molecule has 31 heavy (non-hydrogen) atoms. The monoisotopic (exact) mass is 438 g/mol. The Morgan fingerprint density at radius 2 is 1.84 bits per heavy atom. The molecule has 0 aliphatic carbocycles. The normalized spacial score (nSPS) is 14.8. The molecule has 6 nitrogen and oxygen atoms in total. The molecule has 1 aliphatic rings. The van der Waals surface area contributed by atoms with Crippen molar-refractivity contribution < 1.29 is 9.53 Å². The SMILES string of the molecule is COc1ccc(C)c2sc(N3CCN(CCNC(=O)c4cc(C)ccc4C)CC3)nc12. The first-order valence-electron chi connectivity index (χ1n) is 10.7. The van der Waals surface area contributed by atoms with Crippen molar-refractivity contribution in [3.05, 3.63) is 52.6 Å². The number of amides is 1. The number of anilines is 1. The van der Waals surface area contributed by atoms with Crippen LogP contribution in [0.2, 0.25) is 0 Å². The summed E-state index contributed by atoms with van der Waals surface area (Å²) in [6.45, 7) is 11.4. The molecule has 0 spiro atoms. The molecule has 1 N–H and O–H groups in total. The summed E-state index contributed by atoms with van der Waals surface area (Å²) < 4.78 is 6.69. The summed E-state index contributed by atoms with van der Waals surface area (Å²) in [5.41, 5.74) is 5.08. The number of fused-ring (bicyclic) bond motifs is 1. The lowest BCUT2D eigenvalue weighted by atomic mass is 10.1. The van der Waals surface area contributed by atoms with Crippen molar-refractivity contribution in [2.24, 2.45) is 0 Å². The van der Waals surface area contributed by atoms with Crippen LogP contribution in [-0.2, 0) is 0 Å².